The van der Waals surface area contributed by atoms with E-state index in [1.54, 1.807) is 4.90 Å². The Morgan fingerprint density at radius 2 is 1.88 bits per heavy atom. The first-order valence-electron chi connectivity index (χ1n) is 11.4. The average Bonchev–Trinajstić information content (AvgIpc) is 3.06. The first-order chi connectivity index (χ1) is 15.7. The number of fused-ring (bicyclic) bond motifs is 1. The predicted octanol–water partition coefficient (Wildman–Crippen LogP) is 7.38. The number of benzene rings is 2. The lowest BCUT2D eigenvalue weighted by Crippen LogP contribution is -2.45. The summed E-state index contributed by atoms with van der Waals surface area (Å²) in [6, 6.07) is 13.9. The van der Waals surface area contributed by atoms with Gasteiger partial charge < -0.3 is 4.90 Å². The Morgan fingerprint density at radius 1 is 1.15 bits per heavy atom. The lowest BCUT2D eigenvalue weighted by molar-refractivity contribution is -0.122. The fraction of sp³-hybridized carbons (Fsp3) is 0.333. The highest BCUT2D eigenvalue weighted by Crippen LogP contribution is 2.43. The number of allylic oxidation sites excluding steroid dienone is 1. The molecule has 0 atom stereocenters. The molecule has 0 saturated carbocycles. The quantitative estimate of drug-likeness (QED) is 0.420. The number of halogens is 1. The van der Waals surface area contributed by atoms with Crippen LogP contribution < -0.4 is 4.90 Å². The zero-order chi connectivity index (χ0) is 23.8. The van der Waals surface area contributed by atoms with Crippen LogP contribution in [-0.2, 0) is 4.79 Å². The highest BCUT2D eigenvalue weighted by Gasteiger charge is 2.34. The standard InChI is InChI=1S/C27H30ClN3OS/c1-6-13-31-23-16-22(28)19(14-21(23)18(3)17-27(31,4)5)15-24-25(32)30(7-2)26(33-24)29-20-11-9-8-10-12-20/h8-12,14-17H,6-7,13H2,1-5H3/b24-15+,29-26?. The van der Waals surface area contributed by atoms with Crippen molar-refractivity contribution in [2.45, 2.75) is 46.6 Å². The topological polar surface area (TPSA) is 35.9 Å². The number of para-hydroxylation sites is 1. The van der Waals surface area contributed by atoms with Crippen molar-refractivity contribution in [3.63, 3.8) is 0 Å². The van der Waals surface area contributed by atoms with Crippen molar-refractivity contribution in [2.24, 2.45) is 4.99 Å². The number of likely N-dealkylation sites (N-methyl/N-ethyl adjacent to an activating group) is 1. The van der Waals surface area contributed by atoms with Gasteiger partial charge in [-0.15, -0.1) is 0 Å². The molecule has 6 heteroatoms. The third-order valence-electron chi connectivity index (χ3n) is 6.02. The van der Waals surface area contributed by atoms with Crippen molar-refractivity contribution in [3.05, 3.63) is 69.6 Å². The molecule has 0 N–H and O–H groups in total. The number of carbonyl (C=O) groups excluding carboxylic acids is 1. The minimum atomic E-state index is -0.0713. The Bertz CT molecular complexity index is 1170. The molecule has 1 saturated heterocycles. The van der Waals surface area contributed by atoms with Crippen LogP contribution in [0.25, 0.3) is 11.6 Å². The number of aliphatic imine (C=N–C) groups is 1. The first-order valence-corrected chi connectivity index (χ1v) is 12.6. The van der Waals surface area contributed by atoms with Gasteiger partial charge in [-0.2, -0.15) is 0 Å². The van der Waals surface area contributed by atoms with Gasteiger partial charge in [-0.25, -0.2) is 4.99 Å². The van der Waals surface area contributed by atoms with Crippen LogP contribution in [0, 0.1) is 0 Å². The highest BCUT2D eigenvalue weighted by molar-refractivity contribution is 8.18. The van der Waals surface area contributed by atoms with Crippen LogP contribution in [0.15, 0.2) is 58.4 Å². The van der Waals surface area contributed by atoms with E-state index in [1.165, 1.54) is 22.9 Å². The number of amidine groups is 1. The van der Waals surface area contributed by atoms with Gasteiger partial charge in [0.05, 0.1) is 16.1 Å². The van der Waals surface area contributed by atoms with Crippen LogP contribution in [0.4, 0.5) is 11.4 Å². The average molecular weight is 480 g/mol. The SMILES string of the molecule is CCCN1c2cc(Cl)c(/C=C3/SC(=Nc4ccccc4)N(CC)C3=O)cc2C(C)=CC1(C)C. The molecule has 0 aromatic heterocycles. The molecule has 4 rings (SSSR count). The third kappa shape index (κ3) is 4.62. The van der Waals surface area contributed by atoms with Gasteiger partial charge in [-0.3, -0.25) is 9.69 Å². The molecular weight excluding hydrogens is 450 g/mol. The molecule has 1 amide bonds. The van der Waals surface area contributed by atoms with Crippen molar-refractivity contribution in [2.75, 3.05) is 18.0 Å². The second-order valence-electron chi connectivity index (χ2n) is 8.91. The summed E-state index contributed by atoms with van der Waals surface area (Å²) in [4.78, 5) is 22.6. The van der Waals surface area contributed by atoms with Gasteiger partial charge >= 0.3 is 0 Å². The van der Waals surface area contributed by atoms with Crippen LogP contribution in [0.1, 0.15) is 52.2 Å². The summed E-state index contributed by atoms with van der Waals surface area (Å²) in [6.45, 7) is 12.3. The molecule has 172 valence electrons. The minimum Gasteiger partial charge on any atom is -0.362 e. The third-order valence-corrected chi connectivity index (χ3v) is 7.35. The Labute approximate surface area is 206 Å². The van der Waals surface area contributed by atoms with E-state index in [4.69, 9.17) is 16.6 Å². The van der Waals surface area contributed by atoms with E-state index in [2.05, 4.69) is 50.8 Å². The second-order valence-corrected chi connectivity index (χ2v) is 10.3. The maximum absolute atomic E-state index is 13.1. The number of hydrogen-bond acceptors (Lipinski definition) is 4. The van der Waals surface area contributed by atoms with Crippen LogP contribution in [0.2, 0.25) is 5.02 Å². The van der Waals surface area contributed by atoms with Gasteiger partial charge in [-0.05, 0) is 87.4 Å². The molecule has 1 fully saturated rings. The molecule has 2 heterocycles. The van der Waals surface area contributed by atoms with Gasteiger partial charge in [-0.1, -0.05) is 42.8 Å². The monoisotopic (exact) mass is 479 g/mol. The maximum Gasteiger partial charge on any atom is 0.266 e. The van der Waals surface area contributed by atoms with E-state index < -0.39 is 0 Å². The van der Waals surface area contributed by atoms with Gasteiger partial charge in [0.25, 0.3) is 5.91 Å². The van der Waals surface area contributed by atoms with E-state index >= 15 is 0 Å². The molecular formula is C27H30ClN3OS. The largest absolute Gasteiger partial charge is 0.362 e. The summed E-state index contributed by atoms with van der Waals surface area (Å²) in [5.41, 5.74) is 5.16. The van der Waals surface area contributed by atoms with Gasteiger partial charge in [0.1, 0.15) is 0 Å². The molecule has 0 radical (unpaired) electrons. The number of amides is 1. The summed E-state index contributed by atoms with van der Waals surface area (Å²) >= 11 is 8.18. The number of hydrogen-bond donors (Lipinski definition) is 0. The molecule has 0 aliphatic carbocycles. The van der Waals surface area contributed by atoms with Gasteiger partial charge in [0, 0.05) is 29.4 Å². The predicted molar refractivity (Wildman–Crippen MR) is 143 cm³/mol. The van der Waals surface area contributed by atoms with Gasteiger partial charge in [0.15, 0.2) is 5.17 Å². The Morgan fingerprint density at radius 3 is 2.55 bits per heavy atom. The summed E-state index contributed by atoms with van der Waals surface area (Å²) in [5.74, 6) is -0.0352. The molecule has 4 nitrogen and oxygen atoms in total. The smallest absolute Gasteiger partial charge is 0.266 e. The maximum atomic E-state index is 13.1. The van der Waals surface area contributed by atoms with Crippen molar-refractivity contribution < 1.29 is 4.79 Å². The van der Waals surface area contributed by atoms with Crippen molar-refractivity contribution >= 4 is 57.5 Å². The number of anilines is 1. The molecule has 2 aromatic rings. The Kier molecular flexibility index (Phi) is 6.73. The number of thioether (sulfide) groups is 1. The molecule has 2 aliphatic rings. The zero-order valence-corrected chi connectivity index (χ0v) is 21.4. The molecule has 0 spiro atoms. The lowest BCUT2D eigenvalue weighted by atomic mass is 9.87. The fourth-order valence-corrected chi connectivity index (χ4v) is 5.75. The Balaban J connectivity index is 1.73. The van der Waals surface area contributed by atoms with E-state index in [0.29, 0.717) is 21.6 Å². The van der Waals surface area contributed by atoms with Crippen molar-refractivity contribution in [1.82, 2.24) is 4.90 Å². The molecule has 0 bridgehead atoms. The molecule has 2 aliphatic heterocycles. The van der Waals surface area contributed by atoms with Crippen LogP contribution in [0.3, 0.4) is 0 Å². The van der Waals surface area contributed by atoms with Gasteiger partial charge in [0.2, 0.25) is 0 Å². The highest BCUT2D eigenvalue weighted by atomic mass is 35.5. The number of nitrogens with zero attached hydrogens (tertiary/aromatic N) is 3. The first kappa shape index (κ1) is 23.7. The Hall–Kier alpha value is -2.50. The summed E-state index contributed by atoms with van der Waals surface area (Å²) in [7, 11) is 0. The normalized spacial score (nSPS) is 19.9. The van der Waals surface area contributed by atoms with E-state index in [-0.39, 0.29) is 11.4 Å². The second kappa shape index (κ2) is 9.40. The zero-order valence-electron chi connectivity index (χ0n) is 19.9. The van der Waals surface area contributed by atoms with E-state index in [0.717, 1.165) is 29.9 Å². The van der Waals surface area contributed by atoms with E-state index in [9.17, 15) is 4.79 Å². The summed E-state index contributed by atoms with van der Waals surface area (Å²) < 4.78 is 0. The summed E-state index contributed by atoms with van der Waals surface area (Å²) in [6.07, 6.45) is 5.28. The molecule has 33 heavy (non-hydrogen) atoms. The fourth-order valence-electron chi connectivity index (χ4n) is 4.48. The molecule has 0 unspecified atom stereocenters. The van der Waals surface area contributed by atoms with Crippen LogP contribution in [0.5, 0.6) is 0 Å². The summed E-state index contributed by atoms with van der Waals surface area (Å²) in [5, 5.41) is 1.35. The lowest BCUT2D eigenvalue weighted by Gasteiger charge is -2.43. The number of rotatable bonds is 5. The number of carbonyl (C=O) groups is 1. The molecule has 2 aromatic carbocycles. The van der Waals surface area contributed by atoms with E-state index in [1.807, 2.05) is 43.3 Å². The minimum absolute atomic E-state index is 0.0352. The van der Waals surface area contributed by atoms with Crippen molar-refractivity contribution in [3.8, 4) is 0 Å². The van der Waals surface area contributed by atoms with Crippen LogP contribution in [-0.4, -0.2) is 34.6 Å². The van der Waals surface area contributed by atoms with Crippen LogP contribution >= 0.6 is 23.4 Å². The van der Waals surface area contributed by atoms with Crippen molar-refractivity contribution in [1.29, 1.82) is 0 Å².